The summed E-state index contributed by atoms with van der Waals surface area (Å²) in [6, 6.07) is 10.0. The van der Waals surface area contributed by atoms with E-state index >= 15 is 0 Å². The van der Waals surface area contributed by atoms with Crippen LogP contribution >= 0.6 is 7.92 Å². The SMILES string of the molecule is CC1CC2CCCC(P(c3ccccc3N3CCCCC3)C34CC5CC(CC(C5)C3)C4)(C1)C2. The van der Waals surface area contributed by atoms with Crippen LogP contribution in [0.4, 0.5) is 5.69 Å². The molecule has 4 unspecified atom stereocenters. The Kier molecular flexibility index (Phi) is 5.43. The average molecular weight is 464 g/mol. The summed E-state index contributed by atoms with van der Waals surface area (Å²) in [5.41, 5.74) is 1.69. The number of hydrogen-bond acceptors (Lipinski definition) is 1. The lowest BCUT2D eigenvalue weighted by Crippen LogP contribution is -2.56. The van der Waals surface area contributed by atoms with Gasteiger partial charge in [-0.1, -0.05) is 45.9 Å². The fourth-order valence-electron chi connectivity index (χ4n) is 10.9. The van der Waals surface area contributed by atoms with Gasteiger partial charge in [0.05, 0.1) is 0 Å². The van der Waals surface area contributed by atoms with E-state index in [1.807, 2.05) is 5.30 Å². The van der Waals surface area contributed by atoms with Crippen LogP contribution in [0.15, 0.2) is 24.3 Å². The predicted molar refractivity (Wildman–Crippen MR) is 143 cm³/mol. The Balaban J connectivity index is 1.38. The first kappa shape index (κ1) is 21.7. The quantitative estimate of drug-likeness (QED) is 0.408. The van der Waals surface area contributed by atoms with Crippen molar-refractivity contribution in [2.45, 2.75) is 114 Å². The summed E-state index contributed by atoms with van der Waals surface area (Å²) in [5.74, 6) is 5.19. The fourth-order valence-corrected chi connectivity index (χ4v) is 16.2. The predicted octanol–water partition coefficient (Wildman–Crippen LogP) is 8.11. The molecule has 1 aliphatic heterocycles. The summed E-state index contributed by atoms with van der Waals surface area (Å²) in [6.45, 7) is 5.22. The van der Waals surface area contributed by atoms with E-state index in [9.17, 15) is 0 Å². The summed E-state index contributed by atoms with van der Waals surface area (Å²) < 4.78 is 0. The number of benzene rings is 1. The van der Waals surface area contributed by atoms with Crippen LogP contribution in [0, 0.1) is 29.6 Å². The summed E-state index contributed by atoms with van der Waals surface area (Å²) in [5, 5.41) is 3.20. The van der Waals surface area contributed by atoms with Gasteiger partial charge in [0.1, 0.15) is 0 Å². The highest BCUT2D eigenvalue weighted by atomic mass is 31.1. The van der Waals surface area contributed by atoms with Crippen LogP contribution in [-0.4, -0.2) is 23.4 Å². The topological polar surface area (TPSA) is 3.24 Å². The van der Waals surface area contributed by atoms with E-state index in [4.69, 9.17) is 0 Å². The minimum absolute atomic E-state index is 0.122. The third-order valence-electron chi connectivity index (χ3n) is 11.2. The molecule has 0 radical (unpaired) electrons. The maximum atomic E-state index is 2.83. The number of piperidine rings is 1. The van der Waals surface area contributed by atoms with Crippen LogP contribution in [0.5, 0.6) is 0 Å². The molecule has 1 aromatic rings. The molecule has 0 spiro atoms. The smallest absolute Gasteiger partial charge is 0.0444 e. The van der Waals surface area contributed by atoms with Crippen LogP contribution in [0.2, 0.25) is 0 Å². The third-order valence-corrected chi connectivity index (χ3v) is 15.1. The average Bonchev–Trinajstić information content (AvgIpc) is 2.78. The summed E-state index contributed by atoms with van der Waals surface area (Å²) in [4.78, 5) is 2.83. The van der Waals surface area contributed by atoms with Crippen LogP contribution in [0.3, 0.4) is 0 Å². The number of fused-ring (bicyclic) bond motifs is 2. The summed E-state index contributed by atoms with van der Waals surface area (Å²) >= 11 is 0. The molecule has 0 amide bonds. The van der Waals surface area contributed by atoms with Crippen molar-refractivity contribution in [1.29, 1.82) is 0 Å². The molecule has 6 bridgehead atoms. The summed E-state index contributed by atoms with van der Waals surface area (Å²) in [7, 11) is -0.122. The number of hydrogen-bond donors (Lipinski definition) is 0. The van der Waals surface area contributed by atoms with E-state index in [-0.39, 0.29) is 7.92 Å². The molecule has 0 aromatic heterocycles. The zero-order valence-corrected chi connectivity index (χ0v) is 22.0. The van der Waals surface area contributed by atoms with Gasteiger partial charge in [-0.05, 0) is 129 Å². The maximum Gasteiger partial charge on any atom is 0.0444 e. The van der Waals surface area contributed by atoms with Crippen molar-refractivity contribution in [3.8, 4) is 0 Å². The van der Waals surface area contributed by atoms with Crippen molar-refractivity contribution in [2.24, 2.45) is 29.6 Å². The third kappa shape index (κ3) is 3.65. The van der Waals surface area contributed by atoms with E-state index in [1.54, 1.807) is 63.5 Å². The molecular formula is C31H46NP. The first-order chi connectivity index (χ1) is 16.1. The molecule has 1 aromatic carbocycles. The van der Waals surface area contributed by atoms with Crippen molar-refractivity contribution >= 4 is 18.9 Å². The second-order valence-corrected chi connectivity index (χ2v) is 16.8. The first-order valence-corrected chi connectivity index (χ1v) is 16.1. The minimum Gasteiger partial charge on any atom is -0.371 e. The number of nitrogens with zero attached hydrogens (tertiary/aromatic N) is 1. The summed E-state index contributed by atoms with van der Waals surface area (Å²) in [6.07, 6.45) is 23.0. The van der Waals surface area contributed by atoms with Crippen molar-refractivity contribution in [1.82, 2.24) is 0 Å². The monoisotopic (exact) mass is 463 g/mol. The molecule has 2 heteroatoms. The Morgan fingerprint density at radius 1 is 0.727 bits per heavy atom. The van der Waals surface area contributed by atoms with Crippen molar-refractivity contribution < 1.29 is 0 Å². The molecule has 8 rings (SSSR count). The molecule has 6 aliphatic carbocycles. The van der Waals surface area contributed by atoms with E-state index in [1.165, 1.54) is 51.6 Å². The van der Waals surface area contributed by atoms with E-state index < -0.39 is 0 Å². The Labute approximate surface area is 204 Å². The maximum absolute atomic E-state index is 2.83. The normalized spacial score (nSPS) is 45.2. The van der Waals surface area contributed by atoms with Gasteiger partial charge in [0.15, 0.2) is 0 Å². The zero-order valence-electron chi connectivity index (χ0n) is 21.1. The number of anilines is 1. The fraction of sp³-hybridized carbons (Fsp3) is 0.806. The van der Waals surface area contributed by atoms with Gasteiger partial charge in [-0.3, -0.25) is 0 Å². The van der Waals surface area contributed by atoms with Gasteiger partial charge in [0, 0.05) is 24.1 Å². The largest absolute Gasteiger partial charge is 0.371 e. The number of rotatable bonds is 4. The molecule has 1 saturated heterocycles. The molecule has 7 aliphatic rings. The lowest BCUT2D eigenvalue weighted by atomic mass is 9.56. The Morgan fingerprint density at radius 3 is 2.12 bits per heavy atom. The molecule has 1 nitrogen and oxygen atoms in total. The van der Waals surface area contributed by atoms with Gasteiger partial charge < -0.3 is 4.90 Å². The molecule has 7 fully saturated rings. The van der Waals surface area contributed by atoms with Gasteiger partial charge in [-0.15, -0.1) is 0 Å². The zero-order chi connectivity index (χ0) is 22.0. The molecule has 33 heavy (non-hydrogen) atoms. The van der Waals surface area contributed by atoms with E-state index in [0.717, 1.165) is 29.6 Å². The molecule has 180 valence electrons. The van der Waals surface area contributed by atoms with Gasteiger partial charge in [0.2, 0.25) is 0 Å². The standard InChI is InChI=1S/C31H46NP/c1-23-14-24-8-7-11-30(18-23,19-24)33(31-20-25-15-26(21-31)17-27(16-25)22-31)29-10-4-3-9-28(29)32-12-5-2-6-13-32/h3-4,9-10,23-27H,2,5-8,11-22H2,1H3. The highest BCUT2D eigenvalue weighted by Crippen LogP contribution is 2.76. The molecule has 6 saturated carbocycles. The van der Waals surface area contributed by atoms with Crippen LogP contribution in [0.1, 0.15) is 103 Å². The van der Waals surface area contributed by atoms with Crippen LogP contribution < -0.4 is 10.2 Å². The van der Waals surface area contributed by atoms with Crippen molar-refractivity contribution in [2.75, 3.05) is 18.0 Å². The lowest BCUT2D eigenvalue weighted by molar-refractivity contribution is 0.0334. The van der Waals surface area contributed by atoms with Crippen LogP contribution in [0.25, 0.3) is 0 Å². The van der Waals surface area contributed by atoms with Crippen molar-refractivity contribution in [3.05, 3.63) is 24.3 Å². The first-order valence-electron chi connectivity index (χ1n) is 14.8. The van der Waals surface area contributed by atoms with Gasteiger partial charge in [-0.2, -0.15) is 0 Å². The Morgan fingerprint density at radius 2 is 1.39 bits per heavy atom. The minimum atomic E-state index is -0.122. The second-order valence-electron chi connectivity index (χ2n) is 13.7. The van der Waals surface area contributed by atoms with E-state index in [2.05, 4.69) is 36.1 Å². The molecular weight excluding hydrogens is 417 g/mol. The highest BCUT2D eigenvalue weighted by molar-refractivity contribution is 7.69. The molecule has 4 atom stereocenters. The second kappa shape index (κ2) is 8.25. The molecule has 0 N–H and O–H groups in total. The highest BCUT2D eigenvalue weighted by Gasteiger charge is 2.61. The van der Waals surface area contributed by atoms with Crippen LogP contribution in [-0.2, 0) is 0 Å². The lowest BCUT2D eigenvalue weighted by Gasteiger charge is -2.65. The Bertz CT molecular complexity index is 815. The molecule has 1 heterocycles. The van der Waals surface area contributed by atoms with Gasteiger partial charge in [0.25, 0.3) is 0 Å². The van der Waals surface area contributed by atoms with Gasteiger partial charge in [-0.25, -0.2) is 0 Å². The van der Waals surface area contributed by atoms with E-state index in [0.29, 0.717) is 10.3 Å². The van der Waals surface area contributed by atoms with Gasteiger partial charge >= 0.3 is 0 Å². The Hall–Kier alpha value is -0.550. The van der Waals surface area contributed by atoms with Crippen molar-refractivity contribution in [3.63, 3.8) is 0 Å². The number of para-hydroxylation sites is 1.